The van der Waals surface area contributed by atoms with Gasteiger partial charge in [-0.05, 0) is 86.3 Å². The highest BCUT2D eigenvalue weighted by molar-refractivity contribution is 7.97. The van der Waals surface area contributed by atoms with E-state index in [1.807, 2.05) is 38.2 Å². The van der Waals surface area contributed by atoms with Gasteiger partial charge in [-0.3, -0.25) is 9.52 Å². The molecule has 2 N–H and O–H groups in total. The molecule has 1 unspecified atom stereocenters. The molecule has 1 aromatic heterocycles. The number of aliphatic carboxylic acids is 1. The molecule has 2 heterocycles. The van der Waals surface area contributed by atoms with Gasteiger partial charge in [0.1, 0.15) is 12.3 Å². The van der Waals surface area contributed by atoms with Gasteiger partial charge in [-0.25, -0.2) is 12.7 Å². The van der Waals surface area contributed by atoms with E-state index in [0.29, 0.717) is 11.2 Å². The summed E-state index contributed by atoms with van der Waals surface area (Å²) in [6, 6.07) is 21.6. The average molecular weight is 566 g/mol. The van der Waals surface area contributed by atoms with Crippen molar-refractivity contribution in [1.29, 1.82) is 0 Å². The minimum Gasteiger partial charge on any atom is -0.491 e. The van der Waals surface area contributed by atoms with Crippen molar-refractivity contribution in [3.8, 4) is 5.75 Å². The van der Waals surface area contributed by atoms with Crippen LogP contribution in [0.3, 0.4) is 0 Å². The van der Waals surface area contributed by atoms with E-state index in [2.05, 4.69) is 21.2 Å². The Labute approximate surface area is 232 Å². The fourth-order valence-corrected chi connectivity index (χ4v) is 6.94. The van der Waals surface area contributed by atoms with E-state index < -0.39 is 16.0 Å². The highest BCUT2D eigenvalue weighted by Gasteiger charge is 2.28. The summed E-state index contributed by atoms with van der Waals surface area (Å²) in [6.07, 6.45) is 2.98. The topological polar surface area (TPSA) is 101 Å². The lowest BCUT2D eigenvalue weighted by atomic mass is 9.98. The molecular formula is C29H31N3O5S2. The molecule has 0 bridgehead atoms. The maximum absolute atomic E-state index is 12.8. The third-order valence-corrected chi connectivity index (χ3v) is 9.02. The van der Waals surface area contributed by atoms with Crippen molar-refractivity contribution in [2.24, 2.45) is 0 Å². The standard InChI is InChI=1S/C29H31N3O5S2/c1-20(2)37-23-9-11-24(12-10-23)38-32-15-14-21(17-32)27-18-31(19-29(33)34)28-16-22(8-13-26(27)28)30-39(35,36)25-6-4-3-5-7-25/h3-13,16,18,20-21,30H,14-15,17,19H2,1-2H3,(H,33,34). The molecule has 0 aliphatic carbocycles. The van der Waals surface area contributed by atoms with Crippen molar-refractivity contribution in [3.63, 3.8) is 0 Å². The van der Waals surface area contributed by atoms with Crippen LogP contribution in [0.1, 0.15) is 31.7 Å². The third kappa shape index (κ3) is 6.41. The molecule has 0 amide bonds. The number of carbonyl (C=O) groups is 1. The molecule has 5 rings (SSSR count). The molecule has 1 aliphatic heterocycles. The molecule has 1 atom stereocenters. The summed E-state index contributed by atoms with van der Waals surface area (Å²) >= 11 is 1.71. The Hall–Kier alpha value is -3.47. The van der Waals surface area contributed by atoms with Gasteiger partial charge in [0.2, 0.25) is 0 Å². The number of aromatic nitrogens is 1. The molecule has 3 aromatic carbocycles. The van der Waals surface area contributed by atoms with E-state index in [1.165, 1.54) is 12.1 Å². The SMILES string of the molecule is CC(C)Oc1ccc(SN2CCC(c3cn(CC(=O)O)c4cc(NS(=O)(=O)c5ccccc5)ccc34)C2)cc1. The number of carboxylic acid groups (broad SMARTS) is 1. The molecule has 39 heavy (non-hydrogen) atoms. The van der Waals surface area contributed by atoms with Gasteiger partial charge in [-0.1, -0.05) is 24.3 Å². The maximum atomic E-state index is 12.8. The van der Waals surface area contributed by atoms with Crippen LogP contribution in [0.15, 0.2) is 88.8 Å². The van der Waals surface area contributed by atoms with Crippen LogP contribution in [0.2, 0.25) is 0 Å². The third-order valence-electron chi connectivity index (χ3n) is 6.55. The van der Waals surface area contributed by atoms with Gasteiger partial charge >= 0.3 is 5.97 Å². The van der Waals surface area contributed by atoms with Crippen molar-refractivity contribution < 1.29 is 23.1 Å². The zero-order chi connectivity index (χ0) is 27.6. The molecule has 10 heteroatoms. The number of hydrogen-bond acceptors (Lipinski definition) is 6. The number of fused-ring (bicyclic) bond motifs is 1. The molecular weight excluding hydrogens is 534 g/mol. The van der Waals surface area contributed by atoms with Gasteiger partial charge in [0, 0.05) is 35.5 Å². The second-order valence-electron chi connectivity index (χ2n) is 9.86. The Morgan fingerprint density at radius 3 is 2.54 bits per heavy atom. The van der Waals surface area contributed by atoms with Gasteiger partial charge in [-0.15, -0.1) is 0 Å². The lowest BCUT2D eigenvalue weighted by molar-refractivity contribution is -0.137. The Morgan fingerprint density at radius 2 is 1.85 bits per heavy atom. The van der Waals surface area contributed by atoms with Crippen molar-refractivity contribution in [2.45, 2.75) is 48.6 Å². The fraction of sp³-hybridized carbons (Fsp3) is 0.276. The number of nitrogens with one attached hydrogen (secondary N) is 1. The number of hydrogen-bond donors (Lipinski definition) is 2. The first-order valence-corrected chi connectivity index (χ1v) is 15.1. The van der Waals surface area contributed by atoms with Crippen LogP contribution < -0.4 is 9.46 Å². The molecule has 1 aliphatic rings. The highest BCUT2D eigenvalue weighted by Crippen LogP contribution is 2.39. The molecule has 0 saturated carbocycles. The lowest BCUT2D eigenvalue weighted by Gasteiger charge is -2.15. The van der Waals surface area contributed by atoms with Gasteiger partial charge < -0.3 is 14.4 Å². The molecule has 0 spiro atoms. The largest absolute Gasteiger partial charge is 0.491 e. The van der Waals surface area contributed by atoms with E-state index in [9.17, 15) is 18.3 Å². The van der Waals surface area contributed by atoms with Crippen LogP contribution in [-0.2, 0) is 21.4 Å². The first kappa shape index (κ1) is 27.1. The van der Waals surface area contributed by atoms with Crippen molar-refractivity contribution in [1.82, 2.24) is 8.87 Å². The Bertz CT molecular complexity index is 1570. The number of sulfonamides is 1. The van der Waals surface area contributed by atoms with Crippen LogP contribution in [-0.4, -0.2) is 47.6 Å². The summed E-state index contributed by atoms with van der Waals surface area (Å²) in [6.45, 7) is 5.53. The average Bonchev–Trinajstić information content (AvgIpc) is 3.49. The second-order valence-corrected chi connectivity index (χ2v) is 12.7. The summed E-state index contributed by atoms with van der Waals surface area (Å²) in [5, 5.41) is 10.5. The molecule has 1 fully saturated rings. The molecule has 4 aromatic rings. The predicted molar refractivity (Wildman–Crippen MR) is 154 cm³/mol. The van der Waals surface area contributed by atoms with E-state index in [4.69, 9.17) is 4.74 Å². The fourth-order valence-electron chi connectivity index (χ4n) is 4.86. The Morgan fingerprint density at radius 1 is 1.10 bits per heavy atom. The second kappa shape index (κ2) is 11.3. The van der Waals surface area contributed by atoms with E-state index in [0.717, 1.165) is 41.1 Å². The minimum atomic E-state index is -3.77. The molecule has 8 nitrogen and oxygen atoms in total. The lowest BCUT2D eigenvalue weighted by Crippen LogP contribution is -2.13. The van der Waals surface area contributed by atoms with Crippen molar-refractivity contribution in [2.75, 3.05) is 17.8 Å². The minimum absolute atomic E-state index is 0.131. The zero-order valence-electron chi connectivity index (χ0n) is 21.8. The van der Waals surface area contributed by atoms with Crippen molar-refractivity contribution in [3.05, 3.63) is 84.6 Å². The Kier molecular flexibility index (Phi) is 7.88. The van der Waals surface area contributed by atoms with Gasteiger partial charge in [-0.2, -0.15) is 0 Å². The number of rotatable bonds is 10. The summed E-state index contributed by atoms with van der Waals surface area (Å²) < 4.78 is 38.1. The van der Waals surface area contributed by atoms with E-state index >= 15 is 0 Å². The van der Waals surface area contributed by atoms with Crippen LogP contribution in [0.5, 0.6) is 5.75 Å². The first-order valence-electron chi connectivity index (χ1n) is 12.8. The zero-order valence-corrected chi connectivity index (χ0v) is 23.4. The van der Waals surface area contributed by atoms with E-state index in [-0.39, 0.29) is 23.5 Å². The summed E-state index contributed by atoms with van der Waals surface area (Å²) in [5.41, 5.74) is 2.15. The molecule has 0 radical (unpaired) electrons. The summed E-state index contributed by atoms with van der Waals surface area (Å²) in [5.74, 6) is 0.123. The van der Waals surface area contributed by atoms with E-state index in [1.54, 1.807) is 46.8 Å². The highest BCUT2D eigenvalue weighted by atomic mass is 32.2. The predicted octanol–water partition coefficient (Wildman–Crippen LogP) is 5.81. The monoisotopic (exact) mass is 565 g/mol. The van der Waals surface area contributed by atoms with Gasteiger partial charge in [0.05, 0.1) is 22.2 Å². The van der Waals surface area contributed by atoms with Crippen LogP contribution in [0.4, 0.5) is 5.69 Å². The van der Waals surface area contributed by atoms with Crippen LogP contribution in [0.25, 0.3) is 10.9 Å². The van der Waals surface area contributed by atoms with Crippen LogP contribution >= 0.6 is 11.9 Å². The Balaban J connectivity index is 1.36. The maximum Gasteiger partial charge on any atom is 0.323 e. The molecule has 204 valence electrons. The normalized spacial score (nSPS) is 16.1. The quantitative estimate of drug-likeness (QED) is 0.234. The number of carboxylic acids is 1. The number of nitrogens with zero attached hydrogens (tertiary/aromatic N) is 2. The van der Waals surface area contributed by atoms with Crippen LogP contribution in [0, 0.1) is 0 Å². The summed E-state index contributed by atoms with van der Waals surface area (Å²) in [4.78, 5) is 12.9. The first-order chi connectivity index (χ1) is 18.7. The number of anilines is 1. The smallest absolute Gasteiger partial charge is 0.323 e. The number of ether oxygens (including phenoxy) is 1. The number of benzene rings is 3. The molecule has 1 saturated heterocycles. The van der Waals surface area contributed by atoms with Crippen molar-refractivity contribution >= 4 is 44.5 Å². The summed E-state index contributed by atoms with van der Waals surface area (Å²) in [7, 11) is -3.77. The van der Waals surface area contributed by atoms with Gasteiger partial charge in [0.25, 0.3) is 10.0 Å². The van der Waals surface area contributed by atoms with Gasteiger partial charge in [0.15, 0.2) is 0 Å².